The Morgan fingerprint density at radius 1 is 0.284 bits per heavy atom. The summed E-state index contributed by atoms with van der Waals surface area (Å²) in [6.45, 7) is 3.11. The number of carbonyl (C=O) groups is 12. The predicted molar refractivity (Wildman–Crippen MR) is 388 cm³/mol. The van der Waals surface area contributed by atoms with E-state index in [0.29, 0.717) is 25.7 Å². The van der Waals surface area contributed by atoms with Crippen LogP contribution >= 0.6 is 12.6 Å². The first kappa shape index (κ1) is 91.6. The molecule has 0 saturated carbocycles. The van der Waals surface area contributed by atoms with E-state index in [0.717, 1.165) is 0 Å². The maximum Gasteiger partial charge on any atom is 0.243 e. The van der Waals surface area contributed by atoms with Crippen molar-refractivity contribution in [2.45, 2.75) is 203 Å². The van der Waals surface area contributed by atoms with Gasteiger partial charge in [0.1, 0.15) is 60.4 Å². The molecule has 0 aromatic rings. The molecule has 0 saturated heterocycles. The highest BCUT2D eigenvalue weighted by atomic mass is 32.1. The van der Waals surface area contributed by atoms with Crippen LogP contribution < -0.4 is 139 Å². The van der Waals surface area contributed by atoms with E-state index >= 15 is 0 Å². The zero-order chi connectivity index (χ0) is 77.3. The first-order chi connectivity index (χ1) is 48.2. The summed E-state index contributed by atoms with van der Waals surface area (Å²) in [5.41, 5.74) is 83.0. The molecule has 0 bridgehead atoms. The zero-order valence-electron chi connectivity index (χ0n) is 58.3. The van der Waals surface area contributed by atoms with Gasteiger partial charge in [0.15, 0.2) is 35.8 Å². The van der Waals surface area contributed by atoms with Gasteiger partial charge in [-0.05, 0) is 96.3 Å². The van der Waals surface area contributed by atoms with Crippen molar-refractivity contribution in [2.75, 3.05) is 51.6 Å². The van der Waals surface area contributed by atoms with Crippen molar-refractivity contribution in [3.05, 3.63) is 0 Å². The second-order valence-electron chi connectivity index (χ2n) is 23.4. The molecule has 0 heterocycles. The van der Waals surface area contributed by atoms with Crippen LogP contribution in [0.3, 0.4) is 0 Å². The summed E-state index contributed by atoms with van der Waals surface area (Å²) in [5, 5.41) is 25.9. The van der Waals surface area contributed by atoms with Gasteiger partial charge in [-0.3, -0.25) is 87.5 Å². The van der Waals surface area contributed by atoms with E-state index in [4.69, 9.17) is 86.0 Å². The van der Waals surface area contributed by atoms with Crippen molar-refractivity contribution in [2.24, 2.45) is 116 Å². The number of carbonyl (C=O) groups excluding carboxylic acids is 12. The molecule has 44 heteroatoms. The number of guanidine groups is 6. The normalized spacial score (nSPS) is 13.6. The Morgan fingerprint density at radius 2 is 0.471 bits per heavy atom. The minimum absolute atomic E-state index is 0.000132. The average molecular weight is 1470 g/mol. The molecule has 578 valence electrons. The lowest BCUT2D eigenvalue weighted by molar-refractivity contribution is -0.136. The molecule has 0 aliphatic heterocycles. The number of amides is 12. The van der Waals surface area contributed by atoms with E-state index in [1.807, 2.05) is 13.8 Å². The van der Waals surface area contributed by atoms with Crippen LogP contribution in [0.25, 0.3) is 0 Å². The Bertz CT molecular complexity index is 2880. The standard InChI is InChI=1S/C58H113N31O12S/c1-3-5-13-32(81-44(93)31(80-42(91)29-59)15-7-23-74-53(62)63)45(94)82-33(14-6-4-2)46(95)83-34(16-8-24-75-54(64)65)47(96)85-37(19-11-27-78-57(70)71)50(99)88-39(21-22-41(60)90)52(101)87-36(18-10-26-77-56(68)69)49(98)84-35(17-9-25-76-55(66)67)48(97)86-38(20-12-28-79-58(72)73)51(100)89-40(30-102)43(61)92/h31-40,102H,3-30,59H2,1-2H3,(H2,60,90)(H2,61,92)(H,80,91)(H,81,93)(H,82,94)(H,83,95)(H,84,98)(H,85,96)(H,86,97)(H,87,101)(H,88,99)(H,89,100)(H4,62,63,74)(H4,64,65,75)(H4,66,67,76)(H4,68,69,77)(H4,70,71,78)(H4,72,73,79)/t31-,32-,33-,34-,35-,36-,37-,38-,39-,40-/m0/s1. The number of nitrogens with one attached hydrogen (secondary N) is 10. The van der Waals surface area contributed by atoms with Crippen LogP contribution in [0.1, 0.15) is 142 Å². The zero-order valence-corrected chi connectivity index (χ0v) is 59.2. The third-order valence-electron chi connectivity index (χ3n) is 14.8. The Kier molecular flexibility index (Phi) is 47.2. The highest BCUT2D eigenvalue weighted by Crippen LogP contribution is 2.13. The molecular formula is C58H113N31O12S. The number of hydrogen-bond acceptors (Lipinski definition) is 20. The summed E-state index contributed by atoms with van der Waals surface area (Å²) in [4.78, 5) is 190. The van der Waals surface area contributed by atoms with Crippen LogP contribution in [0.5, 0.6) is 0 Å². The Hall–Kier alpha value is -10.4. The Balaban J connectivity index is 7.67. The number of aliphatic imine (C=N–C) groups is 6. The van der Waals surface area contributed by atoms with Gasteiger partial charge in [-0.1, -0.05) is 39.5 Å². The molecule has 43 nitrogen and oxygen atoms in total. The quantitative estimate of drug-likeness (QED) is 0.0116. The summed E-state index contributed by atoms with van der Waals surface area (Å²) in [7, 11) is 0. The maximum absolute atomic E-state index is 14.7. The fraction of sp³-hybridized carbons (Fsp3) is 0.690. The van der Waals surface area contributed by atoms with Gasteiger partial charge in [0, 0.05) is 51.4 Å². The van der Waals surface area contributed by atoms with Crippen molar-refractivity contribution in [3.8, 4) is 0 Å². The number of nitrogens with zero attached hydrogens (tertiary/aromatic N) is 6. The number of unbranched alkanes of at least 4 members (excludes halogenated alkanes) is 2. The number of nitrogens with two attached hydrogens (primary N) is 15. The van der Waals surface area contributed by atoms with Crippen LogP contribution in [0.15, 0.2) is 30.0 Å². The van der Waals surface area contributed by atoms with Crippen molar-refractivity contribution >= 4 is 119 Å². The molecule has 0 aromatic carbocycles. The highest BCUT2D eigenvalue weighted by molar-refractivity contribution is 7.80. The third kappa shape index (κ3) is 42.5. The fourth-order valence-corrected chi connectivity index (χ4v) is 9.73. The van der Waals surface area contributed by atoms with Crippen LogP contribution in [-0.4, -0.2) is 219 Å². The Labute approximate surface area is 598 Å². The average Bonchev–Trinajstić information content (AvgIpc) is 0.866. The van der Waals surface area contributed by atoms with Gasteiger partial charge in [-0.25, -0.2) is 0 Å². The number of thiol groups is 1. The van der Waals surface area contributed by atoms with Gasteiger partial charge in [0.25, 0.3) is 0 Å². The Morgan fingerprint density at radius 3 is 0.637 bits per heavy atom. The molecular weight excluding hydrogens is 1350 g/mol. The van der Waals surface area contributed by atoms with Gasteiger partial charge >= 0.3 is 0 Å². The molecule has 0 rings (SSSR count). The first-order valence-corrected chi connectivity index (χ1v) is 34.1. The van der Waals surface area contributed by atoms with Gasteiger partial charge in [0.2, 0.25) is 70.9 Å². The topological polar surface area (TPSA) is 790 Å². The van der Waals surface area contributed by atoms with E-state index in [1.54, 1.807) is 0 Å². The number of rotatable bonds is 55. The summed E-state index contributed by atoms with van der Waals surface area (Å²) in [6, 6.07) is -14.3. The van der Waals surface area contributed by atoms with Crippen molar-refractivity contribution in [1.82, 2.24) is 53.2 Å². The largest absolute Gasteiger partial charge is 0.370 e. The summed E-state index contributed by atoms with van der Waals surface area (Å²) >= 11 is 4.08. The van der Waals surface area contributed by atoms with E-state index in [9.17, 15) is 57.5 Å². The summed E-state index contributed by atoms with van der Waals surface area (Å²) < 4.78 is 0. The maximum atomic E-state index is 14.7. The molecule has 0 radical (unpaired) electrons. The van der Waals surface area contributed by atoms with Crippen molar-refractivity contribution < 1.29 is 57.5 Å². The second-order valence-corrected chi connectivity index (χ2v) is 23.8. The van der Waals surface area contributed by atoms with Gasteiger partial charge in [0.05, 0.1) is 6.54 Å². The lowest BCUT2D eigenvalue weighted by atomic mass is 10.0. The van der Waals surface area contributed by atoms with Crippen LogP contribution in [0.2, 0.25) is 0 Å². The van der Waals surface area contributed by atoms with E-state index in [2.05, 4.69) is 95.8 Å². The fourth-order valence-electron chi connectivity index (χ4n) is 9.45. The van der Waals surface area contributed by atoms with E-state index in [1.165, 1.54) is 0 Å². The first-order valence-electron chi connectivity index (χ1n) is 33.4. The minimum atomic E-state index is -1.72. The van der Waals surface area contributed by atoms with Crippen molar-refractivity contribution in [1.29, 1.82) is 0 Å². The molecule has 10 atom stereocenters. The molecule has 0 aliphatic rings. The van der Waals surface area contributed by atoms with Crippen molar-refractivity contribution in [3.63, 3.8) is 0 Å². The third-order valence-corrected chi connectivity index (χ3v) is 15.2. The van der Waals surface area contributed by atoms with Gasteiger partial charge in [-0.2, -0.15) is 12.6 Å². The summed E-state index contributed by atoms with van der Waals surface area (Å²) in [6.07, 6.45) is 0.595. The lowest BCUT2D eigenvalue weighted by Crippen LogP contribution is -2.60. The lowest BCUT2D eigenvalue weighted by Gasteiger charge is -2.28. The number of hydrogen-bond donors (Lipinski definition) is 26. The number of primary amides is 2. The van der Waals surface area contributed by atoms with Crippen LogP contribution in [0, 0.1) is 0 Å². The molecule has 0 fully saturated rings. The summed E-state index contributed by atoms with van der Waals surface area (Å²) in [5.74, 6) is -12.6. The monoisotopic (exact) mass is 1470 g/mol. The van der Waals surface area contributed by atoms with E-state index < -0.39 is 151 Å². The van der Waals surface area contributed by atoms with Crippen LogP contribution in [-0.2, 0) is 57.5 Å². The molecule has 0 unspecified atom stereocenters. The minimum Gasteiger partial charge on any atom is -0.370 e. The molecule has 102 heavy (non-hydrogen) atoms. The molecule has 0 spiro atoms. The SMILES string of the molecule is CCCC[C@H](NC(=O)[C@H](CCCN=C(N)N)NC(=O)CN)C(=O)N[C@@H](CCCC)C(=O)N[C@@H](CCCN=C(N)N)C(=O)N[C@@H](CCCN=C(N)N)C(=O)N[C@@H](CCC(N)=O)C(=O)N[C@@H](CCCN=C(N)N)C(=O)N[C@@H](CCCN=C(N)N)C(=O)N[C@@H](CCCN=C(N)N)C(=O)N[C@@H](CS)C(N)=O. The smallest absolute Gasteiger partial charge is 0.243 e. The highest BCUT2D eigenvalue weighted by Gasteiger charge is 2.36. The van der Waals surface area contributed by atoms with Crippen LogP contribution in [0.4, 0.5) is 0 Å². The molecule has 0 aliphatic carbocycles. The molecule has 40 N–H and O–H groups in total. The molecule has 0 aromatic heterocycles. The predicted octanol–water partition coefficient (Wildman–Crippen LogP) is -10.8. The molecule has 12 amide bonds. The van der Waals surface area contributed by atoms with E-state index in [-0.39, 0.29) is 171 Å². The second kappa shape index (κ2) is 52.6. The van der Waals surface area contributed by atoms with Gasteiger partial charge < -0.3 is 139 Å². The van der Waals surface area contributed by atoms with Gasteiger partial charge in [-0.15, -0.1) is 0 Å².